The third-order valence-electron chi connectivity index (χ3n) is 2.69. The largest absolute Gasteiger partial charge is 0.378 e. The number of hydrogen-bond acceptors (Lipinski definition) is 5. The highest BCUT2D eigenvalue weighted by molar-refractivity contribution is 7.91. The highest BCUT2D eigenvalue weighted by atomic mass is 32.2. The third kappa shape index (κ3) is 5.81. The van der Waals surface area contributed by atoms with Gasteiger partial charge in [0.2, 0.25) is 0 Å². The smallest absolute Gasteiger partial charge is 0.152 e. The normalized spacial score (nSPS) is 24.8. The summed E-state index contributed by atoms with van der Waals surface area (Å²) in [6, 6.07) is 0. The zero-order chi connectivity index (χ0) is 12.9. The van der Waals surface area contributed by atoms with E-state index in [-0.39, 0.29) is 29.8 Å². The monoisotopic (exact) mass is 265 g/mol. The molecule has 1 unspecified atom stereocenters. The molecule has 6 heteroatoms. The molecular weight excluding hydrogens is 242 g/mol. The molecule has 1 heterocycles. The molecule has 0 aliphatic carbocycles. The van der Waals surface area contributed by atoms with Gasteiger partial charge in [-0.2, -0.15) is 0 Å². The van der Waals surface area contributed by atoms with E-state index >= 15 is 0 Å². The van der Waals surface area contributed by atoms with Crippen LogP contribution < -0.4 is 5.32 Å². The lowest BCUT2D eigenvalue weighted by Crippen LogP contribution is -2.51. The molecule has 1 aliphatic heterocycles. The van der Waals surface area contributed by atoms with Gasteiger partial charge in [0.05, 0.1) is 30.7 Å². The first-order chi connectivity index (χ1) is 7.85. The van der Waals surface area contributed by atoms with Gasteiger partial charge in [0.15, 0.2) is 9.84 Å². The minimum atomic E-state index is -2.93. The van der Waals surface area contributed by atoms with Gasteiger partial charge in [-0.3, -0.25) is 0 Å². The lowest BCUT2D eigenvalue weighted by atomic mass is 10.1. The molecule has 0 spiro atoms. The summed E-state index contributed by atoms with van der Waals surface area (Å²) in [6.07, 6.45) is 0.00285. The highest BCUT2D eigenvalue weighted by Crippen LogP contribution is 2.15. The summed E-state index contributed by atoms with van der Waals surface area (Å²) >= 11 is 0. The van der Waals surface area contributed by atoms with Crippen LogP contribution in [0.25, 0.3) is 0 Å². The quantitative estimate of drug-likeness (QED) is 0.695. The number of sulfone groups is 1. The van der Waals surface area contributed by atoms with Crippen molar-refractivity contribution in [2.24, 2.45) is 0 Å². The molecule has 5 nitrogen and oxygen atoms in total. The van der Waals surface area contributed by atoms with Crippen molar-refractivity contribution in [3.05, 3.63) is 0 Å². The van der Waals surface area contributed by atoms with Crippen LogP contribution in [0, 0.1) is 0 Å². The maximum atomic E-state index is 11.2. The number of hydrogen-bond donors (Lipinski definition) is 1. The Balaban J connectivity index is 2.19. The van der Waals surface area contributed by atoms with Gasteiger partial charge in [0.1, 0.15) is 0 Å². The van der Waals surface area contributed by atoms with E-state index in [2.05, 4.69) is 5.32 Å². The van der Waals surface area contributed by atoms with Crippen LogP contribution in [-0.2, 0) is 19.3 Å². The molecule has 0 radical (unpaired) electrons. The van der Waals surface area contributed by atoms with Crippen molar-refractivity contribution >= 4 is 9.84 Å². The van der Waals surface area contributed by atoms with Crippen molar-refractivity contribution in [1.82, 2.24) is 5.32 Å². The first kappa shape index (κ1) is 14.9. The van der Waals surface area contributed by atoms with Crippen molar-refractivity contribution in [1.29, 1.82) is 0 Å². The van der Waals surface area contributed by atoms with Gasteiger partial charge >= 0.3 is 0 Å². The Morgan fingerprint density at radius 2 is 2.18 bits per heavy atom. The molecule has 1 atom stereocenters. The summed E-state index contributed by atoms with van der Waals surface area (Å²) < 4.78 is 33.6. The highest BCUT2D eigenvalue weighted by Gasteiger charge is 2.28. The lowest BCUT2D eigenvalue weighted by Gasteiger charge is -2.36. The average molecular weight is 265 g/mol. The summed E-state index contributed by atoms with van der Waals surface area (Å²) in [4.78, 5) is 0. The number of nitrogens with one attached hydrogen (secondary N) is 1. The van der Waals surface area contributed by atoms with E-state index in [0.717, 1.165) is 13.1 Å². The predicted molar refractivity (Wildman–Crippen MR) is 67.0 cm³/mol. The van der Waals surface area contributed by atoms with Gasteiger partial charge in [-0.25, -0.2) is 8.42 Å². The maximum absolute atomic E-state index is 11.2. The fourth-order valence-electron chi connectivity index (χ4n) is 1.71. The SMILES string of the molecule is CCS(=O)(=O)CCOCC1CNCC(C)(C)O1. The van der Waals surface area contributed by atoms with Gasteiger partial charge in [-0.15, -0.1) is 0 Å². The second-order valence-electron chi connectivity index (χ2n) is 4.94. The third-order valence-corrected chi connectivity index (χ3v) is 4.36. The van der Waals surface area contributed by atoms with E-state index in [9.17, 15) is 8.42 Å². The van der Waals surface area contributed by atoms with E-state index in [1.807, 2.05) is 13.8 Å². The van der Waals surface area contributed by atoms with E-state index < -0.39 is 9.84 Å². The van der Waals surface area contributed by atoms with E-state index in [1.54, 1.807) is 6.92 Å². The van der Waals surface area contributed by atoms with Crippen LogP contribution in [0.3, 0.4) is 0 Å². The fourth-order valence-corrected chi connectivity index (χ4v) is 2.37. The van der Waals surface area contributed by atoms with Gasteiger partial charge in [0.25, 0.3) is 0 Å². The van der Waals surface area contributed by atoms with Crippen molar-refractivity contribution in [2.75, 3.05) is 37.8 Å². The summed E-state index contributed by atoms with van der Waals surface area (Å²) in [5, 5.41) is 3.27. The second-order valence-corrected chi connectivity index (χ2v) is 7.41. The van der Waals surface area contributed by atoms with E-state index in [1.165, 1.54) is 0 Å². The van der Waals surface area contributed by atoms with Crippen molar-refractivity contribution in [3.63, 3.8) is 0 Å². The Kier molecular flexibility index (Phi) is 5.37. The molecule has 17 heavy (non-hydrogen) atoms. The number of ether oxygens (including phenoxy) is 2. The molecule has 1 N–H and O–H groups in total. The topological polar surface area (TPSA) is 64.6 Å². The van der Waals surface area contributed by atoms with Crippen molar-refractivity contribution < 1.29 is 17.9 Å². The Morgan fingerprint density at radius 3 is 2.76 bits per heavy atom. The Morgan fingerprint density at radius 1 is 1.47 bits per heavy atom. The molecule has 0 saturated carbocycles. The van der Waals surface area contributed by atoms with Crippen LogP contribution >= 0.6 is 0 Å². The molecule has 1 fully saturated rings. The second kappa shape index (κ2) is 6.13. The van der Waals surface area contributed by atoms with E-state index in [0.29, 0.717) is 6.61 Å². The van der Waals surface area contributed by atoms with Gasteiger partial charge in [-0.1, -0.05) is 6.92 Å². The summed E-state index contributed by atoms with van der Waals surface area (Å²) in [5.74, 6) is 0.262. The summed E-state index contributed by atoms with van der Waals surface area (Å²) in [6.45, 7) is 7.96. The van der Waals surface area contributed by atoms with Gasteiger partial charge in [0, 0.05) is 18.8 Å². The van der Waals surface area contributed by atoms with Crippen molar-refractivity contribution in [2.45, 2.75) is 32.5 Å². The minimum Gasteiger partial charge on any atom is -0.378 e. The van der Waals surface area contributed by atoms with Crippen LogP contribution in [0.4, 0.5) is 0 Å². The standard InChI is InChI=1S/C11H23NO4S/c1-4-17(13,14)6-5-15-8-10-7-12-9-11(2,3)16-10/h10,12H,4-9H2,1-3H3. The molecule has 1 aliphatic rings. The number of morpholine rings is 1. The maximum Gasteiger partial charge on any atom is 0.152 e. The van der Waals surface area contributed by atoms with Crippen molar-refractivity contribution in [3.8, 4) is 0 Å². The predicted octanol–water partition coefficient (Wildman–Crippen LogP) is 0.205. The summed E-state index contributed by atoms with van der Waals surface area (Å²) in [7, 11) is -2.93. The van der Waals surface area contributed by atoms with Crippen LogP contribution in [0.1, 0.15) is 20.8 Å². The molecule has 0 amide bonds. The zero-order valence-electron chi connectivity index (χ0n) is 10.9. The van der Waals surface area contributed by atoms with E-state index in [4.69, 9.17) is 9.47 Å². The van der Waals surface area contributed by atoms with Crippen LogP contribution in [0.15, 0.2) is 0 Å². The molecule has 0 bridgehead atoms. The fraction of sp³-hybridized carbons (Fsp3) is 1.00. The Bertz CT molecular complexity index is 326. The Hall–Kier alpha value is -0.170. The van der Waals surface area contributed by atoms with Crippen LogP contribution in [0.2, 0.25) is 0 Å². The molecule has 102 valence electrons. The molecule has 1 rings (SSSR count). The zero-order valence-corrected chi connectivity index (χ0v) is 11.7. The molecular formula is C11H23NO4S. The summed E-state index contributed by atoms with van der Waals surface area (Å²) in [5.41, 5.74) is -0.179. The first-order valence-corrected chi connectivity index (χ1v) is 7.83. The minimum absolute atomic E-state index is 0.00285. The average Bonchev–Trinajstić information content (AvgIpc) is 2.23. The van der Waals surface area contributed by atoms with Crippen LogP contribution in [0.5, 0.6) is 0 Å². The molecule has 0 aromatic heterocycles. The van der Waals surface area contributed by atoms with Crippen LogP contribution in [-0.4, -0.2) is 57.9 Å². The molecule has 1 saturated heterocycles. The van der Waals surface area contributed by atoms with Gasteiger partial charge in [-0.05, 0) is 13.8 Å². The Labute approximate surface area is 104 Å². The van der Waals surface area contributed by atoms with Gasteiger partial charge < -0.3 is 14.8 Å². The lowest BCUT2D eigenvalue weighted by molar-refractivity contribution is -0.119. The molecule has 0 aromatic rings. The first-order valence-electron chi connectivity index (χ1n) is 6.01. The molecule has 0 aromatic carbocycles. The number of rotatable bonds is 6.